The smallest absolute Gasteiger partial charge is 0.204 e. The summed E-state index contributed by atoms with van der Waals surface area (Å²) in [6.45, 7) is 0. The van der Waals surface area contributed by atoms with Crippen molar-refractivity contribution < 1.29 is 14.0 Å². The monoisotopic (exact) mass is 182 g/mol. The molecule has 0 bridgehead atoms. The second-order valence-corrected chi connectivity index (χ2v) is 2.63. The maximum absolute atomic E-state index is 10.5. The van der Waals surface area contributed by atoms with Crippen LogP contribution in [0.3, 0.4) is 0 Å². The molecule has 12 heavy (non-hydrogen) atoms. The molecule has 0 saturated heterocycles. The molecule has 0 aliphatic carbocycles. The van der Waals surface area contributed by atoms with Crippen LogP contribution < -0.4 is 9.16 Å². The van der Waals surface area contributed by atoms with Crippen LogP contribution in [0.5, 0.6) is 11.5 Å². The van der Waals surface area contributed by atoms with Crippen LogP contribution in [0.1, 0.15) is 10.4 Å². The fourth-order valence-electron chi connectivity index (χ4n) is 0.916. The standard InChI is InChI=1S/C8H10O3Si/c1-10-7-3-2-6(5-9)8(4-7)11-12/h2-5H,1,12H3. The van der Waals surface area contributed by atoms with Crippen molar-refractivity contribution >= 4 is 16.8 Å². The first-order chi connectivity index (χ1) is 5.81. The average molecular weight is 182 g/mol. The predicted octanol–water partition coefficient (Wildman–Crippen LogP) is 0.167. The van der Waals surface area contributed by atoms with Crippen molar-refractivity contribution in [1.29, 1.82) is 0 Å². The number of methoxy groups -OCH3 is 1. The number of benzene rings is 1. The molecule has 0 aliphatic rings. The summed E-state index contributed by atoms with van der Waals surface area (Å²) < 4.78 is 10.1. The molecular formula is C8H10O3Si. The summed E-state index contributed by atoms with van der Waals surface area (Å²) in [6.07, 6.45) is 0.771. The molecule has 64 valence electrons. The molecule has 0 aliphatic heterocycles. The summed E-state index contributed by atoms with van der Waals surface area (Å²) >= 11 is 0. The number of carbonyl (C=O) groups excluding carboxylic acids is 1. The van der Waals surface area contributed by atoms with Gasteiger partial charge in [-0.1, -0.05) is 0 Å². The third-order valence-electron chi connectivity index (χ3n) is 1.57. The van der Waals surface area contributed by atoms with E-state index < -0.39 is 0 Å². The molecule has 1 aromatic carbocycles. The second-order valence-electron chi connectivity index (χ2n) is 2.23. The Bertz CT molecular complexity index is 286. The van der Waals surface area contributed by atoms with E-state index in [2.05, 4.69) is 0 Å². The summed E-state index contributed by atoms with van der Waals surface area (Å²) in [7, 11) is 2.14. The minimum atomic E-state index is 0.561. The largest absolute Gasteiger partial charge is 0.553 e. The first-order valence-electron chi connectivity index (χ1n) is 3.49. The number of aldehydes is 1. The van der Waals surface area contributed by atoms with E-state index in [1.54, 1.807) is 25.3 Å². The molecule has 1 rings (SSSR count). The minimum Gasteiger partial charge on any atom is -0.553 e. The number of carbonyl (C=O) groups is 1. The highest BCUT2D eigenvalue weighted by molar-refractivity contribution is 6.01. The highest BCUT2D eigenvalue weighted by Crippen LogP contribution is 2.22. The molecule has 0 radical (unpaired) electrons. The third-order valence-corrected chi connectivity index (χ3v) is 2.01. The topological polar surface area (TPSA) is 35.5 Å². The summed E-state index contributed by atoms with van der Waals surface area (Å²) in [5.41, 5.74) is 0.561. The SMILES string of the molecule is COc1ccc(C=O)c(O[SiH3])c1. The quantitative estimate of drug-likeness (QED) is 0.493. The van der Waals surface area contributed by atoms with E-state index >= 15 is 0 Å². The predicted molar refractivity (Wildman–Crippen MR) is 48.9 cm³/mol. The van der Waals surface area contributed by atoms with Crippen molar-refractivity contribution in [2.45, 2.75) is 0 Å². The zero-order chi connectivity index (χ0) is 8.97. The van der Waals surface area contributed by atoms with Crippen LogP contribution in [0.2, 0.25) is 0 Å². The van der Waals surface area contributed by atoms with Crippen molar-refractivity contribution in [3.8, 4) is 11.5 Å². The summed E-state index contributed by atoms with van der Waals surface area (Å²) in [5, 5.41) is 0. The van der Waals surface area contributed by atoms with Gasteiger partial charge in [0.25, 0.3) is 0 Å². The molecular weight excluding hydrogens is 172 g/mol. The summed E-state index contributed by atoms with van der Waals surface area (Å²) in [6, 6.07) is 5.11. The Morgan fingerprint density at radius 1 is 1.50 bits per heavy atom. The Kier molecular flexibility index (Phi) is 2.87. The average Bonchev–Trinajstić information content (AvgIpc) is 2.16. The van der Waals surface area contributed by atoms with Crippen LogP contribution in [-0.4, -0.2) is 23.9 Å². The Morgan fingerprint density at radius 2 is 2.25 bits per heavy atom. The zero-order valence-electron chi connectivity index (χ0n) is 7.03. The highest BCUT2D eigenvalue weighted by atomic mass is 28.2. The van der Waals surface area contributed by atoms with Crippen LogP contribution in [0.15, 0.2) is 18.2 Å². The lowest BCUT2D eigenvalue weighted by Crippen LogP contribution is -1.92. The van der Waals surface area contributed by atoms with Crippen LogP contribution in [-0.2, 0) is 0 Å². The van der Waals surface area contributed by atoms with E-state index in [-0.39, 0.29) is 0 Å². The Labute approximate surface area is 73.8 Å². The number of hydrogen-bond acceptors (Lipinski definition) is 3. The highest BCUT2D eigenvalue weighted by Gasteiger charge is 2.01. The first kappa shape index (κ1) is 8.80. The molecule has 0 unspecified atom stereocenters. The van der Waals surface area contributed by atoms with Gasteiger partial charge < -0.3 is 9.16 Å². The van der Waals surface area contributed by atoms with Gasteiger partial charge in [0.05, 0.1) is 12.7 Å². The molecule has 0 fully saturated rings. The van der Waals surface area contributed by atoms with E-state index in [9.17, 15) is 4.79 Å². The fourth-order valence-corrected chi connectivity index (χ4v) is 1.27. The fraction of sp³-hybridized carbons (Fsp3) is 0.125. The van der Waals surface area contributed by atoms with Gasteiger partial charge in [0, 0.05) is 6.07 Å². The van der Waals surface area contributed by atoms with Gasteiger partial charge in [-0.3, -0.25) is 4.79 Å². The molecule has 3 nitrogen and oxygen atoms in total. The molecule has 0 atom stereocenters. The van der Waals surface area contributed by atoms with E-state index in [1.165, 1.54) is 0 Å². The summed E-state index contributed by atoms with van der Waals surface area (Å²) in [5.74, 6) is 1.29. The van der Waals surface area contributed by atoms with E-state index in [1.807, 2.05) is 0 Å². The maximum Gasteiger partial charge on any atom is 0.204 e. The van der Waals surface area contributed by atoms with E-state index in [0.29, 0.717) is 27.5 Å². The van der Waals surface area contributed by atoms with Crippen molar-refractivity contribution in [3.05, 3.63) is 23.8 Å². The van der Waals surface area contributed by atoms with Gasteiger partial charge in [-0.25, -0.2) is 0 Å². The molecule has 0 spiro atoms. The lowest BCUT2D eigenvalue weighted by atomic mass is 10.2. The molecule has 0 heterocycles. The molecule has 0 saturated carbocycles. The summed E-state index contributed by atoms with van der Waals surface area (Å²) in [4.78, 5) is 10.5. The lowest BCUT2D eigenvalue weighted by Gasteiger charge is -2.05. The number of rotatable bonds is 3. The molecule has 1 aromatic rings. The third kappa shape index (κ3) is 1.65. The van der Waals surface area contributed by atoms with Gasteiger partial charge in [-0.2, -0.15) is 0 Å². The lowest BCUT2D eigenvalue weighted by molar-refractivity contribution is 0.112. The number of ether oxygens (including phenoxy) is 1. The van der Waals surface area contributed by atoms with Crippen molar-refractivity contribution in [2.75, 3.05) is 7.11 Å². The van der Waals surface area contributed by atoms with Crippen LogP contribution in [0.4, 0.5) is 0 Å². The number of hydrogen-bond donors (Lipinski definition) is 0. The molecule has 4 heteroatoms. The van der Waals surface area contributed by atoms with Crippen LogP contribution >= 0.6 is 0 Å². The Balaban J connectivity index is 3.10. The van der Waals surface area contributed by atoms with Gasteiger partial charge in [-0.05, 0) is 12.1 Å². The van der Waals surface area contributed by atoms with Gasteiger partial charge in [0.2, 0.25) is 10.5 Å². The van der Waals surface area contributed by atoms with Gasteiger partial charge >= 0.3 is 0 Å². The second kappa shape index (κ2) is 3.92. The maximum atomic E-state index is 10.5. The van der Waals surface area contributed by atoms with Gasteiger partial charge in [0.15, 0.2) is 6.29 Å². The van der Waals surface area contributed by atoms with Crippen LogP contribution in [0, 0.1) is 0 Å². The Hall–Kier alpha value is -1.29. The van der Waals surface area contributed by atoms with Crippen molar-refractivity contribution in [1.82, 2.24) is 0 Å². The molecule has 0 N–H and O–H groups in total. The van der Waals surface area contributed by atoms with E-state index in [0.717, 1.165) is 6.29 Å². The van der Waals surface area contributed by atoms with Crippen LogP contribution in [0.25, 0.3) is 0 Å². The first-order valence-corrected chi connectivity index (χ1v) is 4.30. The van der Waals surface area contributed by atoms with Gasteiger partial charge in [0.1, 0.15) is 11.5 Å². The normalized spacial score (nSPS) is 9.42. The molecule has 0 aromatic heterocycles. The van der Waals surface area contributed by atoms with E-state index in [4.69, 9.17) is 9.16 Å². The zero-order valence-corrected chi connectivity index (χ0v) is 9.03. The van der Waals surface area contributed by atoms with Crippen molar-refractivity contribution in [3.63, 3.8) is 0 Å². The van der Waals surface area contributed by atoms with Crippen molar-refractivity contribution in [2.24, 2.45) is 0 Å². The van der Waals surface area contributed by atoms with Gasteiger partial charge in [-0.15, -0.1) is 0 Å². The minimum absolute atomic E-state index is 0.561. The molecule has 0 amide bonds. The Morgan fingerprint density at radius 3 is 2.75 bits per heavy atom.